The van der Waals surface area contributed by atoms with Gasteiger partial charge in [-0.2, -0.15) is 0 Å². The molecule has 0 saturated heterocycles. The van der Waals surface area contributed by atoms with Crippen molar-refractivity contribution in [3.8, 4) is 5.82 Å². The SMILES string of the molecule is Cc1ccc(-n2cnc(CNC(C)C)c2)nc1. The van der Waals surface area contributed by atoms with Crippen LogP contribution in [-0.4, -0.2) is 20.6 Å². The Hall–Kier alpha value is -1.68. The number of rotatable bonds is 4. The molecule has 17 heavy (non-hydrogen) atoms. The lowest BCUT2D eigenvalue weighted by Crippen LogP contribution is -2.21. The second-order valence-corrected chi connectivity index (χ2v) is 4.50. The average Bonchev–Trinajstić information content (AvgIpc) is 2.76. The highest BCUT2D eigenvalue weighted by Gasteiger charge is 2.02. The number of hydrogen-bond donors (Lipinski definition) is 1. The van der Waals surface area contributed by atoms with Crippen LogP contribution in [0, 0.1) is 6.92 Å². The largest absolute Gasteiger partial charge is 0.309 e. The molecule has 0 aromatic carbocycles. The number of hydrogen-bond acceptors (Lipinski definition) is 3. The van der Waals surface area contributed by atoms with Crippen LogP contribution in [0.3, 0.4) is 0 Å². The first kappa shape index (κ1) is 11.8. The van der Waals surface area contributed by atoms with Crippen molar-refractivity contribution in [1.29, 1.82) is 0 Å². The van der Waals surface area contributed by atoms with E-state index in [9.17, 15) is 0 Å². The molecule has 4 nitrogen and oxygen atoms in total. The normalized spacial score (nSPS) is 11.1. The van der Waals surface area contributed by atoms with Gasteiger partial charge in [0.15, 0.2) is 0 Å². The van der Waals surface area contributed by atoms with Gasteiger partial charge in [-0.25, -0.2) is 9.97 Å². The Bertz CT molecular complexity index is 470. The Morgan fingerprint density at radius 3 is 2.76 bits per heavy atom. The Morgan fingerprint density at radius 2 is 2.12 bits per heavy atom. The van der Waals surface area contributed by atoms with Crippen molar-refractivity contribution in [2.75, 3.05) is 0 Å². The first-order chi connectivity index (χ1) is 8.15. The Balaban J connectivity index is 2.10. The van der Waals surface area contributed by atoms with Crippen LogP contribution in [-0.2, 0) is 6.54 Å². The zero-order chi connectivity index (χ0) is 12.3. The fraction of sp³-hybridized carbons (Fsp3) is 0.385. The smallest absolute Gasteiger partial charge is 0.137 e. The van der Waals surface area contributed by atoms with Gasteiger partial charge in [0.25, 0.3) is 0 Å². The zero-order valence-corrected chi connectivity index (χ0v) is 10.5. The molecule has 2 aromatic rings. The highest BCUT2D eigenvalue weighted by atomic mass is 15.1. The van der Waals surface area contributed by atoms with Crippen molar-refractivity contribution < 1.29 is 0 Å². The number of imidazole rings is 1. The van der Waals surface area contributed by atoms with Gasteiger partial charge in [-0.15, -0.1) is 0 Å². The fourth-order valence-electron chi connectivity index (χ4n) is 1.50. The van der Waals surface area contributed by atoms with Crippen molar-refractivity contribution in [2.24, 2.45) is 0 Å². The van der Waals surface area contributed by atoms with E-state index in [0.717, 1.165) is 23.6 Å². The summed E-state index contributed by atoms with van der Waals surface area (Å²) < 4.78 is 1.94. The van der Waals surface area contributed by atoms with Gasteiger partial charge in [-0.3, -0.25) is 4.57 Å². The first-order valence-electron chi connectivity index (χ1n) is 5.84. The maximum atomic E-state index is 4.36. The predicted molar refractivity (Wildman–Crippen MR) is 68.1 cm³/mol. The number of nitrogens with zero attached hydrogens (tertiary/aromatic N) is 3. The van der Waals surface area contributed by atoms with Crippen LogP contribution in [0.4, 0.5) is 0 Å². The topological polar surface area (TPSA) is 42.7 Å². The molecule has 0 aliphatic carbocycles. The molecule has 1 N–H and O–H groups in total. The summed E-state index contributed by atoms with van der Waals surface area (Å²) in [5.41, 5.74) is 2.19. The summed E-state index contributed by atoms with van der Waals surface area (Å²) in [7, 11) is 0. The van der Waals surface area contributed by atoms with E-state index in [2.05, 4.69) is 29.1 Å². The lowest BCUT2D eigenvalue weighted by Gasteiger charge is -2.04. The molecule has 0 unspecified atom stereocenters. The summed E-state index contributed by atoms with van der Waals surface area (Å²) in [4.78, 5) is 8.71. The molecular formula is C13H18N4. The first-order valence-corrected chi connectivity index (χ1v) is 5.84. The molecule has 0 saturated carbocycles. The van der Waals surface area contributed by atoms with Crippen molar-refractivity contribution >= 4 is 0 Å². The van der Waals surface area contributed by atoms with Gasteiger partial charge in [-0.1, -0.05) is 19.9 Å². The molecule has 2 rings (SSSR count). The molecule has 0 radical (unpaired) electrons. The monoisotopic (exact) mass is 230 g/mol. The number of pyridine rings is 1. The molecule has 4 heteroatoms. The summed E-state index contributed by atoms with van der Waals surface area (Å²) in [6.45, 7) is 7.07. The zero-order valence-electron chi connectivity index (χ0n) is 10.5. The van der Waals surface area contributed by atoms with E-state index in [-0.39, 0.29) is 0 Å². The minimum Gasteiger partial charge on any atom is -0.309 e. The Kier molecular flexibility index (Phi) is 3.54. The van der Waals surface area contributed by atoms with Crippen molar-refractivity contribution in [3.05, 3.63) is 42.1 Å². The Labute approximate surface area is 102 Å². The van der Waals surface area contributed by atoms with E-state index >= 15 is 0 Å². The third kappa shape index (κ3) is 3.14. The minimum atomic E-state index is 0.470. The van der Waals surface area contributed by atoms with Crippen LogP contribution in [0.2, 0.25) is 0 Å². The van der Waals surface area contributed by atoms with Crippen LogP contribution >= 0.6 is 0 Å². The average molecular weight is 230 g/mol. The van der Waals surface area contributed by atoms with Gasteiger partial charge in [0.1, 0.15) is 12.1 Å². The van der Waals surface area contributed by atoms with Crippen molar-refractivity contribution in [2.45, 2.75) is 33.4 Å². The summed E-state index contributed by atoms with van der Waals surface area (Å²) in [5.74, 6) is 0.902. The van der Waals surface area contributed by atoms with E-state index in [1.165, 1.54) is 0 Å². The van der Waals surface area contributed by atoms with Gasteiger partial charge < -0.3 is 5.32 Å². The Morgan fingerprint density at radius 1 is 1.29 bits per heavy atom. The lowest BCUT2D eigenvalue weighted by molar-refractivity contribution is 0.582. The van der Waals surface area contributed by atoms with Crippen molar-refractivity contribution in [1.82, 2.24) is 19.9 Å². The maximum absolute atomic E-state index is 4.36. The number of aryl methyl sites for hydroxylation is 1. The second-order valence-electron chi connectivity index (χ2n) is 4.50. The van der Waals surface area contributed by atoms with E-state index in [4.69, 9.17) is 0 Å². The molecule has 90 valence electrons. The van der Waals surface area contributed by atoms with Crippen LogP contribution in [0.5, 0.6) is 0 Å². The quantitative estimate of drug-likeness (QED) is 0.874. The summed E-state index contributed by atoms with van der Waals surface area (Å²) >= 11 is 0. The second kappa shape index (κ2) is 5.10. The summed E-state index contributed by atoms with van der Waals surface area (Å²) in [6, 6.07) is 4.52. The highest BCUT2D eigenvalue weighted by molar-refractivity contribution is 5.25. The van der Waals surface area contributed by atoms with Crippen LogP contribution < -0.4 is 5.32 Å². The number of aromatic nitrogens is 3. The molecule has 0 amide bonds. The van der Waals surface area contributed by atoms with E-state index < -0.39 is 0 Å². The molecule has 0 spiro atoms. The van der Waals surface area contributed by atoms with Gasteiger partial charge >= 0.3 is 0 Å². The van der Waals surface area contributed by atoms with E-state index in [0.29, 0.717) is 6.04 Å². The molecule has 2 heterocycles. The molecule has 0 bridgehead atoms. The molecule has 2 aromatic heterocycles. The maximum Gasteiger partial charge on any atom is 0.137 e. The van der Waals surface area contributed by atoms with E-state index in [1.54, 1.807) is 6.33 Å². The molecule has 0 atom stereocenters. The van der Waals surface area contributed by atoms with Crippen LogP contribution in [0.15, 0.2) is 30.9 Å². The van der Waals surface area contributed by atoms with Gasteiger partial charge in [0.05, 0.1) is 5.69 Å². The molecule has 0 fully saturated rings. The van der Waals surface area contributed by atoms with Gasteiger partial charge in [0, 0.05) is 25.0 Å². The summed E-state index contributed by atoms with van der Waals surface area (Å²) in [5, 5.41) is 3.34. The van der Waals surface area contributed by atoms with E-state index in [1.807, 2.05) is 36.0 Å². The predicted octanol–water partition coefficient (Wildman–Crippen LogP) is 2.07. The van der Waals surface area contributed by atoms with Gasteiger partial charge in [-0.05, 0) is 18.6 Å². The van der Waals surface area contributed by atoms with Gasteiger partial charge in [0.2, 0.25) is 0 Å². The third-order valence-electron chi connectivity index (χ3n) is 2.49. The fourth-order valence-corrected chi connectivity index (χ4v) is 1.50. The van der Waals surface area contributed by atoms with Crippen molar-refractivity contribution in [3.63, 3.8) is 0 Å². The van der Waals surface area contributed by atoms with Crippen LogP contribution in [0.1, 0.15) is 25.1 Å². The lowest BCUT2D eigenvalue weighted by atomic mass is 10.3. The molecular weight excluding hydrogens is 212 g/mol. The third-order valence-corrected chi connectivity index (χ3v) is 2.49. The minimum absolute atomic E-state index is 0.470. The van der Waals surface area contributed by atoms with Crippen LogP contribution in [0.25, 0.3) is 5.82 Å². The number of nitrogens with one attached hydrogen (secondary N) is 1. The molecule has 0 aliphatic heterocycles. The standard InChI is InChI=1S/C13H18N4/c1-10(2)14-7-12-8-17(9-16-12)13-5-4-11(3)6-15-13/h4-6,8-10,14H,7H2,1-3H3. The highest BCUT2D eigenvalue weighted by Crippen LogP contribution is 2.06. The summed E-state index contributed by atoms with van der Waals surface area (Å²) in [6.07, 6.45) is 5.67. The molecule has 0 aliphatic rings.